The molecule has 0 saturated heterocycles. The van der Waals surface area contributed by atoms with Crippen molar-refractivity contribution < 1.29 is 9.47 Å². The Labute approximate surface area is 203 Å². The van der Waals surface area contributed by atoms with E-state index in [0.29, 0.717) is 0 Å². The minimum absolute atomic E-state index is 0.770. The molecule has 0 aliphatic carbocycles. The number of rotatable bonds is 12. The molecule has 0 spiro atoms. The van der Waals surface area contributed by atoms with Gasteiger partial charge in [0.25, 0.3) is 0 Å². The fourth-order valence-electron chi connectivity index (χ4n) is 5.28. The lowest BCUT2D eigenvalue weighted by molar-refractivity contribution is 0.305. The molecule has 5 rings (SSSR count). The van der Waals surface area contributed by atoms with Gasteiger partial charge in [0, 0.05) is 0 Å². The summed E-state index contributed by atoms with van der Waals surface area (Å²) in [5.41, 5.74) is 0. The van der Waals surface area contributed by atoms with Gasteiger partial charge in [0.2, 0.25) is 0 Å². The van der Waals surface area contributed by atoms with Crippen molar-refractivity contribution in [3.8, 4) is 11.5 Å². The average Bonchev–Trinajstić information content (AvgIpc) is 2.86. The van der Waals surface area contributed by atoms with Gasteiger partial charge >= 0.3 is 0 Å². The third-order valence-electron chi connectivity index (χ3n) is 7.01. The molecular weight excluding hydrogens is 416 g/mol. The van der Waals surface area contributed by atoms with Crippen molar-refractivity contribution in [2.75, 3.05) is 13.2 Å². The van der Waals surface area contributed by atoms with Crippen LogP contribution < -0.4 is 9.47 Å². The zero-order valence-corrected chi connectivity index (χ0v) is 20.7. The van der Waals surface area contributed by atoms with E-state index < -0.39 is 0 Å². The maximum absolute atomic E-state index is 6.28. The van der Waals surface area contributed by atoms with E-state index in [1.54, 1.807) is 0 Å². The summed E-state index contributed by atoms with van der Waals surface area (Å²) in [6.45, 7) is 6.03. The molecule has 0 heterocycles. The van der Waals surface area contributed by atoms with Crippen LogP contribution in [0, 0.1) is 0 Å². The lowest BCUT2D eigenvalue weighted by atomic mass is 9.89. The van der Waals surface area contributed by atoms with Gasteiger partial charge in [-0.25, -0.2) is 0 Å². The molecule has 176 valence electrons. The number of hydrogen-bond donors (Lipinski definition) is 0. The highest BCUT2D eigenvalue weighted by atomic mass is 16.5. The number of unbranched alkanes of at least 4 members (excludes halogenated alkanes) is 6. The maximum Gasteiger partial charge on any atom is 0.120 e. The zero-order valence-electron chi connectivity index (χ0n) is 20.7. The Balaban J connectivity index is 1.61. The predicted octanol–water partition coefficient (Wildman–Crippen LogP) is 9.66. The Morgan fingerprint density at radius 1 is 0.500 bits per heavy atom. The zero-order chi connectivity index (χ0) is 23.3. The number of ether oxygens (including phenoxy) is 2. The van der Waals surface area contributed by atoms with E-state index in [0.717, 1.165) is 37.6 Å². The molecule has 0 unspecified atom stereocenters. The summed E-state index contributed by atoms with van der Waals surface area (Å²) >= 11 is 0. The molecule has 0 amide bonds. The summed E-state index contributed by atoms with van der Waals surface area (Å²) in [6.07, 6.45) is 9.69. The van der Waals surface area contributed by atoms with Crippen LogP contribution in [0.2, 0.25) is 0 Å². The molecule has 0 aromatic heterocycles. The first-order valence-corrected chi connectivity index (χ1v) is 13.2. The monoisotopic (exact) mass is 452 g/mol. The van der Waals surface area contributed by atoms with Crippen LogP contribution in [0.25, 0.3) is 43.1 Å². The summed E-state index contributed by atoms with van der Waals surface area (Å²) < 4.78 is 12.6. The lowest BCUT2D eigenvalue weighted by Gasteiger charge is -2.17. The Morgan fingerprint density at radius 2 is 1.00 bits per heavy atom. The highest BCUT2D eigenvalue weighted by molar-refractivity contribution is 6.33. The van der Waals surface area contributed by atoms with Crippen LogP contribution in [-0.2, 0) is 0 Å². The van der Waals surface area contributed by atoms with Crippen molar-refractivity contribution in [1.29, 1.82) is 0 Å². The second-order valence-electron chi connectivity index (χ2n) is 9.57. The first-order chi connectivity index (χ1) is 16.8. The van der Waals surface area contributed by atoms with Crippen LogP contribution in [0.1, 0.15) is 65.2 Å². The molecule has 5 aromatic rings. The molecule has 0 aliphatic rings. The Bertz CT molecular complexity index is 1290. The molecule has 0 bridgehead atoms. The highest BCUT2D eigenvalue weighted by Gasteiger charge is 2.15. The fourth-order valence-corrected chi connectivity index (χ4v) is 5.28. The van der Waals surface area contributed by atoms with Gasteiger partial charge in [-0.05, 0) is 80.2 Å². The standard InChI is InChI=1S/C32H36O2/c1-3-5-7-9-17-33-25-19-24-20-26(34-18-10-8-6-4-2)22-30-28-16-12-14-23-13-11-15-27(31(23)28)29(21-25)32(24)30/h11-16,19-22H,3-10,17-18H2,1-2H3. The third-order valence-corrected chi connectivity index (χ3v) is 7.01. The Kier molecular flexibility index (Phi) is 7.04. The second-order valence-corrected chi connectivity index (χ2v) is 9.57. The van der Waals surface area contributed by atoms with Gasteiger partial charge in [0.15, 0.2) is 0 Å². The number of benzene rings is 5. The summed E-state index contributed by atoms with van der Waals surface area (Å²) in [5, 5.41) is 10.3. The van der Waals surface area contributed by atoms with Crippen LogP contribution in [0.5, 0.6) is 11.5 Å². The summed E-state index contributed by atoms with van der Waals surface area (Å²) in [7, 11) is 0. The van der Waals surface area contributed by atoms with Crippen LogP contribution in [0.3, 0.4) is 0 Å². The first-order valence-electron chi connectivity index (χ1n) is 13.2. The van der Waals surface area contributed by atoms with Crippen molar-refractivity contribution in [2.45, 2.75) is 65.2 Å². The van der Waals surface area contributed by atoms with Gasteiger partial charge in [0.05, 0.1) is 13.2 Å². The largest absolute Gasteiger partial charge is 0.494 e. The molecule has 5 aromatic carbocycles. The van der Waals surface area contributed by atoms with E-state index in [2.05, 4.69) is 74.5 Å². The molecule has 0 atom stereocenters. The molecule has 0 radical (unpaired) electrons. The normalized spacial score (nSPS) is 11.8. The van der Waals surface area contributed by atoms with Crippen LogP contribution in [-0.4, -0.2) is 13.2 Å². The molecule has 2 nitrogen and oxygen atoms in total. The van der Waals surface area contributed by atoms with E-state index in [-0.39, 0.29) is 0 Å². The summed E-state index contributed by atoms with van der Waals surface area (Å²) in [6, 6.07) is 22.2. The second kappa shape index (κ2) is 10.5. The van der Waals surface area contributed by atoms with E-state index in [9.17, 15) is 0 Å². The van der Waals surface area contributed by atoms with Crippen LogP contribution in [0.4, 0.5) is 0 Å². The maximum atomic E-state index is 6.28. The van der Waals surface area contributed by atoms with Crippen molar-refractivity contribution in [1.82, 2.24) is 0 Å². The minimum Gasteiger partial charge on any atom is -0.494 e. The quantitative estimate of drug-likeness (QED) is 0.107. The van der Waals surface area contributed by atoms with Crippen molar-refractivity contribution in [2.24, 2.45) is 0 Å². The molecular formula is C32H36O2. The smallest absolute Gasteiger partial charge is 0.120 e. The summed E-state index contributed by atoms with van der Waals surface area (Å²) in [5.74, 6) is 1.92. The topological polar surface area (TPSA) is 18.5 Å². The minimum atomic E-state index is 0.770. The van der Waals surface area contributed by atoms with Gasteiger partial charge in [-0.1, -0.05) is 88.8 Å². The fraction of sp³-hybridized carbons (Fsp3) is 0.375. The predicted molar refractivity (Wildman–Crippen MR) is 147 cm³/mol. The van der Waals surface area contributed by atoms with Gasteiger partial charge in [-0.3, -0.25) is 0 Å². The molecule has 0 saturated carbocycles. The summed E-state index contributed by atoms with van der Waals surface area (Å²) in [4.78, 5) is 0. The van der Waals surface area contributed by atoms with Gasteiger partial charge < -0.3 is 9.47 Å². The number of fused-ring (bicyclic) bond motifs is 2. The van der Waals surface area contributed by atoms with Crippen LogP contribution >= 0.6 is 0 Å². The molecule has 0 N–H and O–H groups in total. The van der Waals surface area contributed by atoms with Gasteiger partial charge in [-0.2, -0.15) is 0 Å². The third kappa shape index (κ3) is 4.51. The Hall–Kier alpha value is -3.00. The van der Waals surface area contributed by atoms with E-state index in [4.69, 9.17) is 9.47 Å². The van der Waals surface area contributed by atoms with E-state index >= 15 is 0 Å². The Morgan fingerprint density at radius 3 is 1.50 bits per heavy atom. The molecule has 0 fully saturated rings. The first kappa shape index (κ1) is 22.8. The highest BCUT2D eigenvalue weighted by Crippen LogP contribution is 2.43. The average molecular weight is 453 g/mol. The molecule has 34 heavy (non-hydrogen) atoms. The van der Waals surface area contributed by atoms with Gasteiger partial charge in [-0.15, -0.1) is 0 Å². The van der Waals surface area contributed by atoms with Crippen molar-refractivity contribution in [3.63, 3.8) is 0 Å². The van der Waals surface area contributed by atoms with Crippen molar-refractivity contribution >= 4 is 43.1 Å². The van der Waals surface area contributed by atoms with E-state index in [1.165, 1.54) is 81.6 Å². The number of hydrogen-bond acceptors (Lipinski definition) is 2. The lowest BCUT2D eigenvalue weighted by Crippen LogP contribution is -1.99. The SMILES string of the molecule is CCCCCCOc1cc2cc(OCCCCCC)cc3c4cccc5cccc(c(c1)c23)c54. The van der Waals surface area contributed by atoms with Crippen LogP contribution in [0.15, 0.2) is 60.7 Å². The van der Waals surface area contributed by atoms with E-state index in [1.807, 2.05) is 0 Å². The molecule has 0 aliphatic heterocycles. The van der Waals surface area contributed by atoms with Gasteiger partial charge in [0.1, 0.15) is 11.5 Å². The molecule has 2 heteroatoms. The van der Waals surface area contributed by atoms with Crippen molar-refractivity contribution in [3.05, 3.63) is 60.7 Å².